The summed E-state index contributed by atoms with van der Waals surface area (Å²) in [5.41, 5.74) is 5.60. The van der Waals surface area contributed by atoms with Gasteiger partial charge in [0.05, 0.1) is 6.10 Å². The highest BCUT2D eigenvalue weighted by Gasteiger charge is 2.14. The van der Waals surface area contributed by atoms with E-state index in [0.29, 0.717) is 13.1 Å². The normalized spacial score (nSPS) is 36.6. The van der Waals surface area contributed by atoms with Gasteiger partial charge in [-0.15, -0.1) is 0 Å². The lowest BCUT2D eigenvalue weighted by atomic mass is 10.1. The molecule has 0 unspecified atom stereocenters. The van der Waals surface area contributed by atoms with Crippen LogP contribution in [0.3, 0.4) is 0 Å². The van der Waals surface area contributed by atoms with Crippen molar-refractivity contribution in [1.29, 1.82) is 0 Å². The summed E-state index contributed by atoms with van der Waals surface area (Å²) in [6, 6.07) is -0.132. The molecule has 4 nitrogen and oxygen atoms in total. The molecule has 0 saturated carbocycles. The predicted molar refractivity (Wildman–Crippen MR) is 39.7 cm³/mol. The van der Waals surface area contributed by atoms with E-state index >= 15 is 0 Å². The Bertz CT molecular complexity index is 87.0. The van der Waals surface area contributed by atoms with Crippen LogP contribution in [-0.2, 0) is 0 Å². The van der Waals surface area contributed by atoms with E-state index in [9.17, 15) is 5.11 Å². The van der Waals surface area contributed by atoms with Crippen LogP contribution in [0.4, 0.5) is 0 Å². The van der Waals surface area contributed by atoms with Crippen LogP contribution >= 0.6 is 0 Å². The number of aliphatic hydroxyl groups excluding tert-OH is 1. The first-order valence-electron chi connectivity index (χ1n) is 3.66. The van der Waals surface area contributed by atoms with Crippen LogP contribution in [0.1, 0.15) is 0 Å². The molecule has 0 aromatic rings. The number of β-amino-alcohol motifs (C(OH)–C–C–N with tert-alkyl or cyclic N) is 1. The highest BCUT2D eigenvalue weighted by Crippen LogP contribution is 1.88. The Kier molecular flexibility index (Phi) is 3.08. The molecular weight excluding hydrogens is 130 g/mol. The average Bonchev–Trinajstić information content (AvgIpc) is 1.92. The Balaban J connectivity index is 2.28. The Morgan fingerprint density at radius 3 is 2.50 bits per heavy atom. The summed E-state index contributed by atoms with van der Waals surface area (Å²) in [5.74, 6) is 0. The van der Waals surface area contributed by atoms with Crippen molar-refractivity contribution in [2.75, 3.05) is 26.2 Å². The van der Waals surface area contributed by atoms with Gasteiger partial charge >= 0.3 is 0 Å². The maximum absolute atomic E-state index is 9.26. The molecule has 1 aliphatic heterocycles. The fraction of sp³-hybridized carbons (Fsp3) is 1.00. The first kappa shape index (κ1) is 7.94. The Hall–Kier alpha value is -0.160. The molecule has 5 N–H and O–H groups in total. The van der Waals surface area contributed by atoms with E-state index in [1.807, 2.05) is 0 Å². The van der Waals surface area contributed by atoms with Gasteiger partial charge < -0.3 is 21.5 Å². The second-order valence-electron chi connectivity index (χ2n) is 2.64. The molecule has 0 bridgehead atoms. The van der Waals surface area contributed by atoms with Crippen LogP contribution < -0.4 is 16.4 Å². The SMILES string of the molecule is N[C@H]1CNCCNC[C@H]1O. The smallest absolute Gasteiger partial charge is 0.0827 e. The lowest BCUT2D eigenvalue weighted by Gasteiger charge is -2.22. The zero-order valence-corrected chi connectivity index (χ0v) is 6.01. The largest absolute Gasteiger partial charge is 0.390 e. The predicted octanol–water partition coefficient (Wildman–Crippen LogP) is -2.13. The first-order valence-corrected chi connectivity index (χ1v) is 3.66. The molecule has 1 rings (SSSR count). The lowest BCUT2D eigenvalue weighted by Crippen LogP contribution is -2.51. The van der Waals surface area contributed by atoms with Crippen LogP contribution in [0, 0.1) is 0 Å². The van der Waals surface area contributed by atoms with E-state index in [-0.39, 0.29) is 6.04 Å². The van der Waals surface area contributed by atoms with Crippen molar-refractivity contribution >= 4 is 0 Å². The fourth-order valence-corrected chi connectivity index (χ4v) is 0.983. The Labute approximate surface area is 60.8 Å². The minimum absolute atomic E-state index is 0.132. The summed E-state index contributed by atoms with van der Waals surface area (Å²) in [4.78, 5) is 0. The molecule has 1 aliphatic rings. The van der Waals surface area contributed by atoms with Crippen LogP contribution in [0.25, 0.3) is 0 Å². The van der Waals surface area contributed by atoms with Crippen molar-refractivity contribution in [2.45, 2.75) is 12.1 Å². The van der Waals surface area contributed by atoms with Gasteiger partial charge in [-0.2, -0.15) is 0 Å². The van der Waals surface area contributed by atoms with E-state index in [1.165, 1.54) is 0 Å². The molecule has 0 aromatic carbocycles. The van der Waals surface area contributed by atoms with E-state index in [1.54, 1.807) is 0 Å². The number of nitrogens with one attached hydrogen (secondary N) is 2. The molecule has 0 aromatic heterocycles. The zero-order valence-electron chi connectivity index (χ0n) is 6.01. The van der Waals surface area contributed by atoms with Gasteiger partial charge in [-0.3, -0.25) is 0 Å². The summed E-state index contributed by atoms with van der Waals surface area (Å²) < 4.78 is 0. The third kappa shape index (κ3) is 2.22. The molecule has 2 atom stereocenters. The number of nitrogens with two attached hydrogens (primary N) is 1. The van der Waals surface area contributed by atoms with Gasteiger partial charge in [-0.05, 0) is 0 Å². The molecule has 0 radical (unpaired) electrons. The van der Waals surface area contributed by atoms with Gasteiger partial charge in [-0.25, -0.2) is 0 Å². The molecule has 1 fully saturated rings. The van der Waals surface area contributed by atoms with Gasteiger partial charge in [0.1, 0.15) is 0 Å². The quantitative estimate of drug-likeness (QED) is 0.314. The van der Waals surface area contributed by atoms with E-state index < -0.39 is 6.10 Å². The van der Waals surface area contributed by atoms with Gasteiger partial charge in [0, 0.05) is 32.2 Å². The monoisotopic (exact) mass is 145 g/mol. The second kappa shape index (κ2) is 3.88. The summed E-state index contributed by atoms with van der Waals surface area (Å²) >= 11 is 0. The van der Waals surface area contributed by atoms with Gasteiger partial charge in [0.2, 0.25) is 0 Å². The first-order chi connectivity index (χ1) is 4.80. The summed E-state index contributed by atoms with van der Waals surface area (Å²) in [6.45, 7) is 3.16. The number of hydrogen-bond acceptors (Lipinski definition) is 4. The highest BCUT2D eigenvalue weighted by molar-refractivity contribution is 4.78. The summed E-state index contributed by atoms with van der Waals surface area (Å²) in [5, 5.41) is 15.4. The summed E-state index contributed by atoms with van der Waals surface area (Å²) in [6.07, 6.45) is -0.409. The maximum atomic E-state index is 9.26. The molecule has 1 saturated heterocycles. The molecule has 60 valence electrons. The summed E-state index contributed by atoms with van der Waals surface area (Å²) in [7, 11) is 0. The molecule has 4 heteroatoms. The minimum Gasteiger partial charge on any atom is -0.390 e. The van der Waals surface area contributed by atoms with Crippen LogP contribution in [0.2, 0.25) is 0 Å². The fourth-order valence-electron chi connectivity index (χ4n) is 0.983. The Morgan fingerprint density at radius 2 is 1.80 bits per heavy atom. The van der Waals surface area contributed by atoms with Crippen LogP contribution in [0.15, 0.2) is 0 Å². The third-order valence-corrected chi connectivity index (χ3v) is 1.71. The average molecular weight is 145 g/mol. The standard InChI is InChI=1S/C6H15N3O/c7-5-3-8-1-2-9-4-6(5)10/h5-6,8-10H,1-4,7H2/t5-,6+/m0/s1. The topological polar surface area (TPSA) is 70.3 Å². The van der Waals surface area contributed by atoms with Crippen LogP contribution in [0.5, 0.6) is 0 Å². The van der Waals surface area contributed by atoms with Crippen molar-refractivity contribution in [2.24, 2.45) is 5.73 Å². The molecular formula is C6H15N3O. The lowest BCUT2D eigenvalue weighted by molar-refractivity contribution is 0.136. The van der Waals surface area contributed by atoms with Crippen LogP contribution in [-0.4, -0.2) is 43.4 Å². The zero-order chi connectivity index (χ0) is 7.40. The molecule has 0 aliphatic carbocycles. The minimum atomic E-state index is -0.409. The molecule has 0 amide bonds. The molecule has 10 heavy (non-hydrogen) atoms. The van der Waals surface area contributed by atoms with Crippen molar-refractivity contribution in [3.63, 3.8) is 0 Å². The second-order valence-corrected chi connectivity index (χ2v) is 2.64. The molecule has 0 spiro atoms. The van der Waals surface area contributed by atoms with E-state index in [2.05, 4.69) is 10.6 Å². The maximum Gasteiger partial charge on any atom is 0.0827 e. The van der Waals surface area contributed by atoms with Gasteiger partial charge in [0.15, 0.2) is 0 Å². The third-order valence-electron chi connectivity index (χ3n) is 1.71. The van der Waals surface area contributed by atoms with Gasteiger partial charge in [0.25, 0.3) is 0 Å². The number of aliphatic hydroxyl groups is 1. The number of rotatable bonds is 0. The van der Waals surface area contributed by atoms with E-state index in [0.717, 1.165) is 13.1 Å². The van der Waals surface area contributed by atoms with Crippen molar-refractivity contribution in [3.05, 3.63) is 0 Å². The molecule has 1 heterocycles. The van der Waals surface area contributed by atoms with Crippen molar-refractivity contribution < 1.29 is 5.11 Å². The van der Waals surface area contributed by atoms with Gasteiger partial charge in [-0.1, -0.05) is 0 Å². The Morgan fingerprint density at radius 1 is 1.20 bits per heavy atom. The van der Waals surface area contributed by atoms with Crippen molar-refractivity contribution in [1.82, 2.24) is 10.6 Å². The highest BCUT2D eigenvalue weighted by atomic mass is 16.3. The van der Waals surface area contributed by atoms with Crippen molar-refractivity contribution in [3.8, 4) is 0 Å². The number of hydrogen-bond donors (Lipinski definition) is 4. The van der Waals surface area contributed by atoms with E-state index in [4.69, 9.17) is 5.73 Å².